The number of nitriles is 1. The number of thiophene rings is 1. The number of allylic oxidation sites excluding steroid dienone is 2. The van der Waals surface area contributed by atoms with Crippen molar-refractivity contribution in [1.29, 1.82) is 5.26 Å². The molecule has 2 atom stereocenters. The largest absolute Gasteiger partial charge is 0.476 e. The Hall–Kier alpha value is -3.16. The van der Waals surface area contributed by atoms with Crippen LogP contribution >= 0.6 is 11.3 Å². The molecule has 4 rings (SSSR count). The van der Waals surface area contributed by atoms with Gasteiger partial charge in [0.25, 0.3) is 0 Å². The molecule has 1 fully saturated rings. The van der Waals surface area contributed by atoms with Gasteiger partial charge >= 0.3 is 0 Å². The van der Waals surface area contributed by atoms with Gasteiger partial charge in [0.05, 0.1) is 5.56 Å². The number of aryl methyl sites for hydroxylation is 1. The van der Waals surface area contributed by atoms with E-state index in [2.05, 4.69) is 33.3 Å². The van der Waals surface area contributed by atoms with Crippen molar-refractivity contribution in [3.05, 3.63) is 39.2 Å². The van der Waals surface area contributed by atoms with Gasteiger partial charge < -0.3 is 26.4 Å². The summed E-state index contributed by atoms with van der Waals surface area (Å²) in [5.41, 5.74) is 15.3. The lowest BCUT2D eigenvalue weighted by Gasteiger charge is -2.25. The van der Waals surface area contributed by atoms with Crippen molar-refractivity contribution in [1.82, 2.24) is 14.9 Å². The number of nitrogens with two attached hydrogens (primary N) is 2. The van der Waals surface area contributed by atoms with E-state index in [9.17, 15) is 10.1 Å². The number of hydrogen-bond acceptors (Lipinski definition) is 10. The number of hydrogen-bond donors (Lipinski definition) is 3. The van der Waals surface area contributed by atoms with E-state index in [1.54, 1.807) is 6.07 Å². The highest BCUT2D eigenvalue weighted by atomic mass is 32.1. The third-order valence-corrected chi connectivity index (χ3v) is 8.44. The third-order valence-electron chi connectivity index (χ3n) is 7.34. The summed E-state index contributed by atoms with van der Waals surface area (Å²) >= 11 is 1.46. The number of ketones is 1. The van der Waals surface area contributed by atoms with Gasteiger partial charge in [-0.15, -0.1) is 11.3 Å². The molecule has 2 aliphatic rings. The van der Waals surface area contributed by atoms with E-state index in [0.717, 1.165) is 55.5 Å². The van der Waals surface area contributed by atoms with Crippen LogP contribution in [0.4, 0.5) is 10.8 Å². The van der Waals surface area contributed by atoms with E-state index < -0.39 is 0 Å². The van der Waals surface area contributed by atoms with Gasteiger partial charge in [-0.2, -0.15) is 10.2 Å². The van der Waals surface area contributed by atoms with E-state index in [0.29, 0.717) is 52.6 Å². The van der Waals surface area contributed by atoms with Crippen molar-refractivity contribution in [2.75, 3.05) is 31.2 Å². The number of rotatable bonds is 10. The molecule has 1 aliphatic heterocycles. The van der Waals surface area contributed by atoms with Crippen LogP contribution in [0.5, 0.6) is 5.88 Å². The molecule has 0 saturated carbocycles. The maximum absolute atomic E-state index is 14.0. The molecule has 3 heterocycles. The summed E-state index contributed by atoms with van der Waals surface area (Å²) in [5, 5.41) is 13.6. The number of likely N-dealkylation sites (N-methyl/N-ethyl adjacent to an activating group) is 1. The molecule has 9 nitrogen and oxygen atoms in total. The molecule has 2 aromatic rings. The maximum atomic E-state index is 14.0. The number of nitrogens with zero attached hydrogens (tertiary/aromatic N) is 4. The predicted molar refractivity (Wildman–Crippen MR) is 152 cm³/mol. The first kappa shape index (κ1) is 27.9. The van der Waals surface area contributed by atoms with Crippen LogP contribution < -0.4 is 21.5 Å². The Bertz CT molecular complexity index is 1250. The average molecular weight is 538 g/mol. The summed E-state index contributed by atoms with van der Waals surface area (Å²) in [5.74, 6) is 0.461. The number of anilines is 2. The summed E-state index contributed by atoms with van der Waals surface area (Å²) in [6.07, 6.45) is 6.01. The van der Waals surface area contributed by atoms with Crippen molar-refractivity contribution >= 4 is 27.9 Å². The predicted octanol–water partition coefficient (Wildman–Crippen LogP) is 4.60. The van der Waals surface area contributed by atoms with Crippen molar-refractivity contribution in [2.24, 2.45) is 5.73 Å². The molecule has 0 bridgehead atoms. The molecule has 204 valence electrons. The average Bonchev–Trinajstić information content (AvgIpc) is 3.45. The zero-order valence-electron chi connectivity index (χ0n) is 22.8. The molecule has 1 aliphatic carbocycles. The molecular weight excluding hydrogens is 498 g/mol. The summed E-state index contributed by atoms with van der Waals surface area (Å²) < 4.78 is 6.09. The second kappa shape index (κ2) is 12.1. The minimum Gasteiger partial charge on any atom is -0.476 e. The first-order chi connectivity index (χ1) is 18.2. The van der Waals surface area contributed by atoms with Crippen LogP contribution in [0, 0.1) is 11.3 Å². The molecule has 0 aromatic carbocycles. The zero-order chi connectivity index (χ0) is 27.4. The summed E-state index contributed by atoms with van der Waals surface area (Å²) in [4.78, 5) is 26.4. The quantitative estimate of drug-likeness (QED) is 0.292. The summed E-state index contributed by atoms with van der Waals surface area (Å²) in [6.45, 7) is 7.60. The number of likely N-dealkylation sites (tertiary alicyclic amines) is 1. The Morgan fingerprint density at radius 1 is 1.34 bits per heavy atom. The lowest BCUT2D eigenvalue weighted by Crippen LogP contribution is -2.31. The first-order valence-corrected chi connectivity index (χ1v) is 14.4. The molecule has 0 amide bonds. The highest BCUT2D eigenvalue weighted by Crippen LogP contribution is 2.45. The number of aromatic nitrogens is 2. The Morgan fingerprint density at radius 3 is 2.79 bits per heavy atom. The van der Waals surface area contributed by atoms with Crippen molar-refractivity contribution in [3.8, 4) is 11.9 Å². The summed E-state index contributed by atoms with van der Waals surface area (Å²) in [6, 6.07) is 4.45. The highest BCUT2D eigenvalue weighted by Gasteiger charge is 2.32. The Kier molecular flexibility index (Phi) is 8.90. The van der Waals surface area contributed by atoms with Crippen LogP contribution in [0.15, 0.2) is 17.3 Å². The first-order valence-electron chi connectivity index (χ1n) is 13.6. The zero-order valence-corrected chi connectivity index (χ0v) is 23.7. The van der Waals surface area contributed by atoms with Crippen LogP contribution in [0.3, 0.4) is 0 Å². The van der Waals surface area contributed by atoms with E-state index in [-0.39, 0.29) is 23.6 Å². The molecule has 0 unspecified atom stereocenters. The SMILES string of the molecule is CCC/C(C(=O)c1nc(NC(C)C)cc(OC[C@@H]2CCCN2C)n1)=C(/N)[C@H]1CCCc2sc(N)c(C#N)c21. The van der Waals surface area contributed by atoms with Gasteiger partial charge in [-0.05, 0) is 71.5 Å². The third kappa shape index (κ3) is 5.94. The molecule has 1 saturated heterocycles. The monoisotopic (exact) mass is 537 g/mol. The minimum atomic E-state index is -0.298. The van der Waals surface area contributed by atoms with Crippen molar-refractivity contribution in [3.63, 3.8) is 0 Å². The number of Topliss-reactive ketones (excluding diaryl/α,β-unsaturated/α-hetero) is 1. The van der Waals surface area contributed by atoms with Crippen molar-refractivity contribution < 1.29 is 9.53 Å². The lowest BCUT2D eigenvalue weighted by molar-refractivity contribution is 0.101. The van der Waals surface area contributed by atoms with Gasteiger partial charge in [-0.3, -0.25) is 4.79 Å². The molecule has 38 heavy (non-hydrogen) atoms. The number of nitrogen functional groups attached to an aromatic ring is 1. The molecule has 5 N–H and O–H groups in total. The van der Waals surface area contributed by atoms with Gasteiger partial charge in [0.15, 0.2) is 0 Å². The Morgan fingerprint density at radius 2 is 2.13 bits per heavy atom. The second-order valence-corrected chi connectivity index (χ2v) is 11.7. The van der Waals surface area contributed by atoms with Crippen LogP contribution in [-0.4, -0.2) is 52.9 Å². The van der Waals surface area contributed by atoms with E-state index in [1.807, 2.05) is 20.8 Å². The maximum Gasteiger partial charge on any atom is 0.228 e. The van der Waals surface area contributed by atoms with E-state index >= 15 is 0 Å². The van der Waals surface area contributed by atoms with Crippen LogP contribution in [0.2, 0.25) is 0 Å². The van der Waals surface area contributed by atoms with E-state index in [4.69, 9.17) is 16.2 Å². The van der Waals surface area contributed by atoms with Crippen LogP contribution in [0.1, 0.15) is 91.8 Å². The number of carbonyl (C=O) groups excluding carboxylic acids is 1. The standard InChI is InChI=1S/C28H39N7O2S/c1-5-8-19(25(30)18-10-6-11-21-24(18)20(14-29)27(31)38-21)26(36)28-33-22(32-16(2)3)13-23(34-28)37-15-17-9-7-12-35(17)4/h13,16-18H,5-12,15,30-31H2,1-4H3,(H,32,33,34)/b25-19-/t17-,18-/m0/s1. The smallest absolute Gasteiger partial charge is 0.228 e. The van der Waals surface area contributed by atoms with Crippen LogP contribution in [0.25, 0.3) is 0 Å². The lowest BCUT2D eigenvalue weighted by atomic mass is 9.80. The molecular formula is C28H39N7O2S. The Balaban J connectivity index is 1.70. The normalized spacial score (nSPS) is 20.1. The summed E-state index contributed by atoms with van der Waals surface area (Å²) in [7, 11) is 2.10. The molecule has 0 radical (unpaired) electrons. The fraction of sp³-hybridized carbons (Fsp3) is 0.571. The van der Waals surface area contributed by atoms with Gasteiger partial charge in [0.2, 0.25) is 17.5 Å². The second-order valence-electron chi connectivity index (χ2n) is 10.5. The molecule has 10 heteroatoms. The van der Waals surface area contributed by atoms with Crippen LogP contribution in [-0.2, 0) is 6.42 Å². The van der Waals surface area contributed by atoms with Crippen molar-refractivity contribution in [2.45, 2.75) is 83.7 Å². The van der Waals surface area contributed by atoms with Gasteiger partial charge in [-0.1, -0.05) is 13.3 Å². The van der Waals surface area contributed by atoms with Gasteiger partial charge in [0, 0.05) is 40.2 Å². The fourth-order valence-corrected chi connectivity index (χ4v) is 6.55. The number of nitrogens with one attached hydrogen (secondary N) is 1. The minimum absolute atomic E-state index is 0.0678. The number of carbonyl (C=O) groups is 1. The molecule has 0 spiro atoms. The number of ether oxygens (including phenoxy) is 1. The highest BCUT2D eigenvalue weighted by molar-refractivity contribution is 7.16. The fourth-order valence-electron chi connectivity index (χ4n) is 5.43. The molecule has 2 aromatic heterocycles. The number of fused-ring (bicyclic) bond motifs is 1. The Labute approximate surface area is 229 Å². The van der Waals surface area contributed by atoms with Gasteiger partial charge in [-0.25, -0.2) is 4.98 Å². The van der Waals surface area contributed by atoms with Gasteiger partial charge in [0.1, 0.15) is 23.5 Å². The topological polar surface area (TPSA) is 143 Å². The van der Waals surface area contributed by atoms with E-state index in [1.165, 1.54) is 11.3 Å².